The van der Waals surface area contributed by atoms with Gasteiger partial charge in [0, 0.05) is 6.92 Å². The van der Waals surface area contributed by atoms with Crippen LogP contribution < -0.4 is 0 Å². The van der Waals surface area contributed by atoms with Crippen LogP contribution in [0.5, 0.6) is 0 Å². The Labute approximate surface area is 212 Å². The first kappa shape index (κ1) is 34.9. The van der Waals surface area contributed by atoms with Gasteiger partial charge >= 0.3 is 5.97 Å². The number of carboxylic acid groups (broad SMARTS) is 1. The van der Waals surface area contributed by atoms with Gasteiger partial charge in [0.05, 0.1) is 12.5 Å². The van der Waals surface area contributed by atoms with E-state index in [-0.39, 0.29) is 11.9 Å². The first-order valence-corrected chi connectivity index (χ1v) is 13.1. The van der Waals surface area contributed by atoms with Gasteiger partial charge in [-0.15, -0.1) is 6.58 Å². The van der Waals surface area contributed by atoms with Gasteiger partial charge in [0.15, 0.2) is 11.6 Å². The molecule has 0 aliphatic rings. The van der Waals surface area contributed by atoms with Gasteiger partial charge < -0.3 is 9.84 Å². The minimum atomic E-state index is -0.833. The zero-order chi connectivity index (χ0) is 27.1. The smallest absolute Gasteiger partial charge is 0.309 e. The highest BCUT2D eigenvalue weighted by molar-refractivity contribution is 5.72. The van der Waals surface area contributed by atoms with E-state index in [1.54, 1.807) is 18.2 Å². The van der Waals surface area contributed by atoms with Crippen molar-refractivity contribution in [3.8, 4) is 0 Å². The molecule has 0 radical (unpaired) electrons. The summed E-state index contributed by atoms with van der Waals surface area (Å²) in [5.41, 5.74) is 1.00. The molecule has 0 aliphatic heterocycles. The lowest BCUT2D eigenvalue weighted by Gasteiger charge is -2.11. The largest absolute Gasteiger partial charge is 0.481 e. The number of benzene rings is 1. The average molecular weight is 499 g/mol. The number of aryl methyl sites for hydroxylation is 2. The molecular formula is C29H48F2O4. The van der Waals surface area contributed by atoms with Crippen LogP contribution in [0.25, 0.3) is 0 Å². The Morgan fingerprint density at radius 3 is 1.94 bits per heavy atom. The van der Waals surface area contributed by atoms with Crippen molar-refractivity contribution in [2.75, 3.05) is 6.61 Å². The predicted molar refractivity (Wildman–Crippen MR) is 141 cm³/mol. The van der Waals surface area contributed by atoms with E-state index in [1.807, 2.05) is 13.8 Å². The predicted octanol–water partition coefficient (Wildman–Crippen LogP) is 8.45. The van der Waals surface area contributed by atoms with Gasteiger partial charge in [-0.1, -0.05) is 83.9 Å². The number of hydrogen-bond donors (Lipinski definition) is 1. The number of halogens is 2. The molecule has 0 heterocycles. The molecule has 202 valence electrons. The van der Waals surface area contributed by atoms with E-state index in [4.69, 9.17) is 14.6 Å². The maximum atomic E-state index is 13.7. The van der Waals surface area contributed by atoms with Crippen molar-refractivity contribution in [1.82, 2.24) is 0 Å². The van der Waals surface area contributed by atoms with Crippen LogP contribution in [0, 0.1) is 17.6 Å². The molecule has 1 N–H and O–H groups in total. The number of hydrogen-bond acceptors (Lipinski definition) is 3. The second-order valence-corrected chi connectivity index (χ2v) is 8.52. The van der Waals surface area contributed by atoms with Crippen molar-refractivity contribution >= 4 is 11.9 Å². The minimum Gasteiger partial charge on any atom is -0.481 e. The topological polar surface area (TPSA) is 63.6 Å². The molecule has 1 aromatic rings. The molecule has 0 bridgehead atoms. The Bertz CT molecular complexity index is 700. The molecule has 1 aromatic carbocycles. The molecule has 1 unspecified atom stereocenters. The van der Waals surface area contributed by atoms with E-state index in [0.717, 1.165) is 39.0 Å². The van der Waals surface area contributed by atoms with Gasteiger partial charge in [-0.05, 0) is 50.2 Å². The summed E-state index contributed by atoms with van der Waals surface area (Å²) >= 11 is 0. The Morgan fingerprint density at radius 1 is 0.943 bits per heavy atom. The number of carbonyl (C=O) groups is 2. The molecule has 0 saturated heterocycles. The average Bonchev–Trinajstić information content (AvgIpc) is 2.81. The van der Waals surface area contributed by atoms with Gasteiger partial charge in [-0.25, -0.2) is 8.78 Å². The summed E-state index contributed by atoms with van der Waals surface area (Å²) in [4.78, 5) is 20.3. The molecule has 1 atom stereocenters. The van der Waals surface area contributed by atoms with Gasteiger partial charge in [-0.2, -0.15) is 0 Å². The molecular weight excluding hydrogens is 450 g/mol. The lowest BCUT2D eigenvalue weighted by atomic mass is 10.0. The zero-order valence-corrected chi connectivity index (χ0v) is 22.6. The van der Waals surface area contributed by atoms with Crippen LogP contribution in [0.4, 0.5) is 8.78 Å². The summed E-state index contributed by atoms with van der Waals surface area (Å²) < 4.78 is 32.3. The second-order valence-electron chi connectivity index (χ2n) is 8.52. The lowest BCUT2D eigenvalue weighted by Crippen LogP contribution is -2.16. The third-order valence-electron chi connectivity index (χ3n) is 5.38. The number of aliphatic carboxylic acids is 1. The molecule has 0 fully saturated rings. The van der Waals surface area contributed by atoms with Gasteiger partial charge in [-0.3, -0.25) is 9.59 Å². The van der Waals surface area contributed by atoms with Crippen molar-refractivity contribution in [1.29, 1.82) is 0 Å². The normalized spacial score (nSPS) is 10.8. The Morgan fingerprint density at radius 2 is 1.46 bits per heavy atom. The maximum absolute atomic E-state index is 13.7. The summed E-state index contributed by atoms with van der Waals surface area (Å²) in [6.45, 7) is 13.1. The highest BCUT2D eigenvalue weighted by atomic mass is 19.2. The van der Waals surface area contributed by atoms with E-state index >= 15 is 0 Å². The van der Waals surface area contributed by atoms with E-state index < -0.39 is 17.6 Å². The quantitative estimate of drug-likeness (QED) is 0.150. The SMILES string of the molecule is C=CCC(CCC)C(=O)OCC.CC(=O)O.CCCCCCCCCc1ccc(CC)c(F)c1F. The zero-order valence-electron chi connectivity index (χ0n) is 22.6. The standard InChI is InChI=1S/C17H26F2.C10H18O2.C2H4O2/c1-3-5-6-7-8-9-10-11-15-13-12-14(4-2)16(18)17(15)19;1-4-7-9(8-5-2)10(11)12-6-3;1-2(3)4/h12-13H,3-11H2,1-2H3;4,9H,1,5-8H2,2-3H3;1H3,(H,3,4). The molecule has 0 saturated carbocycles. The van der Waals surface area contributed by atoms with Crippen LogP contribution >= 0.6 is 0 Å². The van der Waals surface area contributed by atoms with E-state index in [1.165, 1.54) is 32.1 Å². The van der Waals surface area contributed by atoms with Crippen molar-refractivity contribution in [2.45, 2.75) is 112 Å². The summed E-state index contributed by atoms with van der Waals surface area (Å²) in [7, 11) is 0. The fourth-order valence-corrected chi connectivity index (χ4v) is 3.51. The molecule has 1 rings (SSSR count). The molecule has 35 heavy (non-hydrogen) atoms. The van der Waals surface area contributed by atoms with Crippen LogP contribution in [-0.2, 0) is 27.2 Å². The number of esters is 1. The fourth-order valence-electron chi connectivity index (χ4n) is 3.51. The van der Waals surface area contributed by atoms with Crippen molar-refractivity contribution in [3.63, 3.8) is 0 Å². The maximum Gasteiger partial charge on any atom is 0.309 e. The third kappa shape index (κ3) is 18.7. The van der Waals surface area contributed by atoms with E-state index in [2.05, 4.69) is 20.4 Å². The monoisotopic (exact) mass is 498 g/mol. The highest BCUT2D eigenvalue weighted by Crippen LogP contribution is 2.19. The first-order valence-electron chi connectivity index (χ1n) is 13.1. The Balaban J connectivity index is 0. The number of carboxylic acids is 1. The van der Waals surface area contributed by atoms with Crippen LogP contribution in [0.2, 0.25) is 0 Å². The number of ether oxygens (including phenoxy) is 1. The molecule has 6 heteroatoms. The molecule has 4 nitrogen and oxygen atoms in total. The molecule has 0 spiro atoms. The van der Waals surface area contributed by atoms with E-state index in [9.17, 15) is 13.6 Å². The van der Waals surface area contributed by atoms with Crippen LogP contribution in [0.15, 0.2) is 24.8 Å². The summed E-state index contributed by atoms with van der Waals surface area (Å²) in [6, 6.07) is 3.46. The van der Waals surface area contributed by atoms with Crippen LogP contribution in [0.3, 0.4) is 0 Å². The number of rotatable bonds is 15. The summed E-state index contributed by atoms with van der Waals surface area (Å²) in [5, 5.41) is 7.42. The van der Waals surface area contributed by atoms with Crippen molar-refractivity contribution in [2.24, 2.45) is 5.92 Å². The minimum absolute atomic E-state index is 0.0208. The van der Waals surface area contributed by atoms with Crippen molar-refractivity contribution < 1.29 is 28.2 Å². The lowest BCUT2D eigenvalue weighted by molar-refractivity contribution is -0.148. The Hall–Kier alpha value is -2.24. The summed E-state index contributed by atoms with van der Waals surface area (Å²) in [5.74, 6) is -2.18. The van der Waals surface area contributed by atoms with Crippen molar-refractivity contribution in [3.05, 3.63) is 47.5 Å². The van der Waals surface area contributed by atoms with E-state index in [0.29, 0.717) is 30.6 Å². The fraction of sp³-hybridized carbons (Fsp3) is 0.655. The van der Waals surface area contributed by atoms with Crippen LogP contribution in [0.1, 0.15) is 110 Å². The Kier molecular flexibility index (Phi) is 23.4. The molecule has 0 aliphatic carbocycles. The number of allylic oxidation sites excluding steroid dienone is 1. The number of unbranched alkanes of at least 4 members (excludes halogenated alkanes) is 6. The summed E-state index contributed by atoms with van der Waals surface area (Å²) in [6.07, 6.45) is 14.0. The third-order valence-corrected chi connectivity index (χ3v) is 5.38. The van der Waals surface area contributed by atoms with Crippen LogP contribution in [-0.4, -0.2) is 23.7 Å². The highest BCUT2D eigenvalue weighted by Gasteiger charge is 2.16. The van der Waals surface area contributed by atoms with Gasteiger partial charge in [0.2, 0.25) is 0 Å². The number of carbonyl (C=O) groups excluding carboxylic acids is 1. The van der Waals surface area contributed by atoms with Gasteiger partial charge in [0.25, 0.3) is 5.97 Å². The molecule has 0 aromatic heterocycles. The second kappa shape index (κ2) is 23.5. The first-order chi connectivity index (χ1) is 16.7. The molecule has 0 amide bonds. The van der Waals surface area contributed by atoms with Gasteiger partial charge in [0.1, 0.15) is 0 Å².